The molecule has 0 N–H and O–H groups in total. The van der Waals surface area contributed by atoms with Crippen LogP contribution in [0.25, 0.3) is 11.6 Å². The quantitative estimate of drug-likeness (QED) is 0.455. The molecule has 0 spiro atoms. The predicted octanol–water partition coefficient (Wildman–Crippen LogP) is 5.09. The van der Waals surface area contributed by atoms with Gasteiger partial charge in [-0.15, -0.1) is 0 Å². The van der Waals surface area contributed by atoms with Crippen molar-refractivity contribution >= 4 is 11.6 Å². The van der Waals surface area contributed by atoms with Crippen LogP contribution in [0.15, 0.2) is 49.6 Å². The highest BCUT2D eigenvalue weighted by Crippen LogP contribution is 2.15. The second-order valence-electron chi connectivity index (χ2n) is 3.90. The Morgan fingerprint density at radius 2 is 1.94 bits per heavy atom. The lowest BCUT2D eigenvalue weighted by Crippen LogP contribution is -1.79. The molecule has 0 atom stereocenters. The van der Waals surface area contributed by atoms with Gasteiger partial charge in [0.25, 0.3) is 0 Å². The smallest absolute Gasteiger partial charge is 0.0190 e. The van der Waals surface area contributed by atoms with Crippen LogP contribution in [0, 0.1) is 0 Å². The van der Waals surface area contributed by atoms with Crippen LogP contribution < -0.4 is 0 Å². The van der Waals surface area contributed by atoms with Crippen LogP contribution >= 0.6 is 0 Å². The van der Waals surface area contributed by atoms with Crippen molar-refractivity contribution in [1.29, 1.82) is 0 Å². The van der Waals surface area contributed by atoms with Crippen LogP contribution in [-0.2, 0) is 0 Å². The minimum absolute atomic E-state index is 1.08. The second kappa shape index (κ2) is 6.84. The average Bonchev–Trinajstić information content (AvgIpc) is 2.34. The summed E-state index contributed by atoms with van der Waals surface area (Å²) in [5, 5.41) is 0. The SMILES string of the molecule is C=Cc1ccc(C(=C)C=CCCCC)cc1. The highest BCUT2D eigenvalue weighted by atomic mass is 14.0. The Labute approximate surface area is 99.0 Å². The van der Waals surface area contributed by atoms with Crippen molar-refractivity contribution in [3.05, 3.63) is 60.7 Å². The van der Waals surface area contributed by atoms with Crippen molar-refractivity contribution in [2.75, 3.05) is 0 Å². The molecule has 84 valence electrons. The van der Waals surface area contributed by atoms with E-state index in [9.17, 15) is 0 Å². The fourth-order valence-corrected chi connectivity index (χ4v) is 1.48. The highest BCUT2D eigenvalue weighted by Gasteiger charge is 1.94. The maximum atomic E-state index is 4.07. The number of allylic oxidation sites excluding steroid dienone is 3. The minimum Gasteiger partial charge on any atom is -0.0985 e. The summed E-state index contributed by atoms with van der Waals surface area (Å²) in [5.74, 6) is 0. The fraction of sp³-hybridized carbons (Fsp3) is 0.250. The van der Waals surface area contributed by atoms with Crippen molar-refractivity contribution in [2.24, 2.45) is 0 Å². The standard InChI is InChI=1S/C16H20/c1-4-6-7-8-9-14(3)16-12-10-15(5-2)11-13-16/h5,8-13H,2-4,6-7H2,1H3. The van der Waals surface area contributed by atoms with E-state index in [1.54, 1.807) is 0 Å². The Balaban J connectivity index is 2.58. The summed E-state index contributed by atoms with van der Waals surface area (Å²) < 4.78 is 0. The third-order valence-electron chi connectivity index (χ3n) is 2.56. The molecule has 0 bridgehead atoms. The Morgan fingerprint density at radius 1 is 1.25 bits per heavy atom. The molecular formula is C16H20. The van der Waals surface area contributed by atoms with E-state index in [4.69, 9.17) is 0 Å². The van der Waals surface area contributed by atoms with E-state index in [0.717, 1.165) is 17.6 Å². The third-order valence-corrected chi connectivity index (χ3v) is 2.56. The Hall–Kier alpha value is -1.56. The van der Waals surface area contributed by atoms with Gasteiger partial charge in [0.2, 0.25) is 0 Å². The molecule has 0 aliphatic carbocycles. The maximum Gasteiger partial charge on any atom is -0.0190 e. The molecule has 0 radical (unpaired) electrons. The van der Waals surface area contributed by atoms with Gasteiger partial charge in [0.1, 0.15) is 0 Å². The first-order valence-corrected chi connectivity index (χ1v) is 5.86. The zero-order valence-electron chi connectivity index (χ0n) is 10.1. The van der Waals surface area contributed by atoms with Crippen LogP contribution in [0.5, 0.6) is 0 Å². The molecule has 16 heavy (non-hydrogen) atoms. The summed E-state index contributed by atoms with van der Waals surface area (Å²) >= 11 is 0. The van der Waals surface area contributed by atoms with Crippen molar-refractivity contribution in [2.45, 2.75) is 26.2 Å². The summed E-state index contributed by atoms with van der Waals surface area (Å²) in [6.07, 6.45) is 9.79. The number of hydrogen-bond donors (Lipinski definition) is 0. The van der Waals surface area contributed by atoms with Crippen LogP contribution in [0.2, 0.25) is 0 Å². The van der Waals surface area contributed by atoms with Crippen molar-refractivity contribution < 1.29 is 0 Å². The van der Waals surface area contributed by atoms with Gasteiger partial charge < -0.3 is 0 Å². The number of hydrogen-bond acceptors (Lipinski definition) is 0. The summed E-state index contributed by atoms with van der Waals surface area (Å²) in [7, 11) is 0. The zero-order valence-corrected chi connectivity index (χ0v) is 10.1. The predicted molar refractivity (Wildman–Crippen MR) is 74.2 cm³/mol. The Kier molecular flexibility index (Phi) is 5.35. The molecule has 1 aromatic rings. The lowest BCUT2D eigenvalue weighted by atomic mass is 10.0. The monoisotopic (exact) mass is 212 g/mol. The largest absolute Gasteiger partial charge is 0.0985 e. The fourth-order valence-electron chi connectivity index (χ4n) is 1.48. The lowest BCUT2D eigenvalue weighted by molar-refractivity contribution is 0.815. The molecule has 0 amide bonds. The number of unbranched alkanes of at least 4 members (excludes halogenated alkanes) is 2. The van der Waals surface area contributed by atoms with Crippen molar-refractivity contribution in [3.8, 4) is 0 Å². The number of benzene rings is 1. The molecule has 0 fully saturated rings. The van der Waals surface area contributed by atoms with Crippen molar-refractivity contribution in [3.63, 3.8) is 0 Å². The van der Waals surface area contributed by atoms with Gasteiger partial charge in [0, 0.05) is 0 Å². The second-order valence-corrected chi connectivity index (χ2v) is 3.90. The van der Waals surface area contributed by atoms with Gasteiger partial charge in [-0.05, 0) is 23.1 Å². The molecule has 0 heterocycles. The molecule has 0 aliphatic rings. The highest BCUT2D eigenvalue weighted by molar-refractivity contribution is 5.72. The molecule has 0 nitrogen and oxygen atoms in total. The van der Waals surface area contributed by atoms with Gasteiger partial charge in [-0.2, -0.15) is 0 Å². The van der Waals surface area contributed by atoms with Gasteiger partial charge >= 0.3 is 0 Å². The van der Waals surface area contributed by atoms with Gasteiger partial charge in [-0.3, -0.25) is 0 Å². The van der Waals surface area contributed by atoms with Crippen LogP contribution in [0.3, 0.4) is 0 Å². The van der Waals surface area contributed by atoms with Crippen LogP contribution in [-0.4, -0.2) is 0 Å². The molecular weight excluding hydrogens is 192 g/mol. The molecule has 0 aliphatic heterocycles. The maximum absolute atomic E-state index is 4.07. The van der Waals surface area contributed by atoms with E-state index in [0.29, 0.717) is 0 Å². The molecule has 0 heteroatoms. The summed E-state index contributed by atoms with van der Waals surface area (Å²) in [5.41, 5.74) is 3.40. The molecule has 0 saturated heterocycles. The first kappa shape index (κ1) is 12.5. The van der Waals surface area contributed by atoms with E-state index < -0.39 is 0 Å². The Morgan fingerprint density at radius 3 is 2.50 bits per heavy atom. The molecule has 1 aromatic carbocycles. The Bertz CT molecular complexity index is 366. The topological polar surface area (TPSA) is 0 Å². The minimum atomic E-state index is 1.08. The van der Waals surface area contributed by atoms with Crippen LogP contribution in [0.4, 0.5) is 0 Å². The average molecular weight is 212 g/mol. The van der Waals surface area contributed by atoms with Gasteiger partial charge in [-0.25, -0.2) is 0 Å². The summed E-state index contributed by atoms with van der Waals surface area (Å²) in [6.45, 7) is 10.0. The van der Waals surface area contributed by atoms with E-state index in [1.165, 1.54) is 18.4 Å². The third kappa shape index (κ3) is 3.90. The van der Waals surface area contributed by atoms with E-state index in [2.05, 4.69) is 56.5 Å². The lowest BCUT2D eigenvalue weighted by Gasteiger charge is -2.01. The van der Waals surface area contributed by atoms with E-state index >= 15 is 0 Å². The normalized spacial score (nSPS) is 10.6. The molecule has 0 unspecified atom stereocenters. The van der Waals surface area contributed by atoms with Crippen molar-refractivity contribution in [1.82, 2.24) is 0 Å². The molecule has 0 saturated carbocycles. The summed E-state index contributed by atoms with van der Waals surface area (Å²) in [4.78, 5) is 0. The first-order valence-electron chi connectivity index (χ1n) is 5.86. The van der Waals surface area contributed by atoms with E-state index in [-0.39, 0.29) is 0 Å². The van der Waals surface area contributed by atoms with Gasteiger partial charge in [0.05, 0.1) is 0 Å². The summed E-state index contributed by atoms with van der Waals surface area (Å²) in [6, 6.07) is 8.30. The van der Waals surface area contributed by atoms with E-state index in [1.807, 2.05) is 6.08 Å². The van der Waals surface area contributed by atoms with Gasteiger partial charge in [0.15, 0.2) is 0 Å². The molecule has 0 aromatic heterocycles. The van der Waals surface area contributed by atoms with Crippen LogP contribution in [0.1, 0.15) is 37.3 Å². The first-order chi connectivity index (χ1) is 7.77. The molecule has 1 rings (SSSR count). The number of rotatable bonds is 6. The zero-order chi connectivity index (χ0) is 11.8. The van der Waals surface area contributed by atoms with Gasteiger partial charge in [-0.1, -0.05) is 75.4 Å².